The van der Waals surface area contributed by atoms with Crippen LogP contribution in [-0.4, -0.2) is 11.5 Å². The van der Waals surface area contributed by atoms with Crippen LogP contribution in [0.25, 0.3) is 0 Å². The van der Waals surface area contributed by atoms with Gasteiger partial charge in [-0.3, -0.25) is 4.98 Å². The third-order valence-electron chi connectivity index (χ3n) is 3.45. The van der Waals surface area contributed by atoms with Crippen LogP contribution in [0.1, 0.15) is 43.1 Å². The molecule has 0 amide bonds. The van der Waals surface area contributed by atoms with E-state index in [0.29, 0.717) is 5.56 Å². The molecule has 1 aromatic heterocycles. The molecule has 1 unspecified atom stereocenters. The van der Waals surface area contributed by atoms with E-state index in [1.54, 1.807) is 6.20 Å². The lowest BCUT2D eigenvalue weighted by molar-refractivity contribution is 0.525. The van der Waals surface area contributed by atoms with E-state index in [0.717, 1.165) is 36.7 Å². The van der Waals surface area contributed by atoms with E-state index in [1.165, 1.54) is 12.1 Å². The van der Waals surface area contributed by atoms with Gasteiger partial charge in [0.05, 0.1) is 11.7 Å². The van der Waals surface area contributed by atoms with E-state index in [4.69, 9.17) is 0 Å². The number of nitrogens with zero attached hydrogens (tertiary/aromatic N) is 1. The SMILES string of the molecule is CCCNC(c1ccc(F)cc1F)c1ncccc1CC. The lowest BCUT2D eigenvalue weighted by atomic mass is 9.97. The van der Waals surface area contributed by atoms with Crippen LogP contribution in [0.15, 0.2) is 36.5 Å². The number of hydrogen-bond acceptors (Lipinski definition) is 2. The molecule has 0 radical (unpaired) electrons. The van der Waals surface area contributed by atoms with Gasteiger partial charge in [0.15, 0.2) is 0 Å². The topological polar surface area (TPSA) is 24.9 Å². The Labute approximate surface area is 124 Å². The molecule has 0 saturated heterocycles. The molecule has 0 aliphatic heterocycles. The van der Waals surface area contributed by atoms with Crippen molar-refractivity contribution in [2.75, 3.05) is 6.54 Å². The summed E-state index contributed by atoms with van der Waals surface area (Å²) < 4.78 is 27.3. The molecule has 0 aliphatic carbocycles. The van der Waals surface area contributed by atoms with Gasteiger partial charge in [0.1, 0.15) is 11.6 Å². The highest BCUT2D eigenvalue weighted by Crippen LogP contribution is 2.26. The Kier molecular flexibility index (Phi) is 5.39. The standard InChI is InChI=1S/C17H20F2N2/c1-3-9-20-17(14-8-7-13(18)11-15(14)19)16-12(4-2)6-5-10-21-16/h5-8,10-11,17,20H,3-4,9H2,1-2H3. The molecular weight excluding hydrogens is 270 g/mol. The average Bonchev–Trinajstić information content (AvgIpc) is 2.49. The van der Waals surface area contributed by atoms with Crippen molar-refractivity contribution in [1.29, 1.82) is 0 Å². The number of benzene rings is 1. The molecule has 0 fully saturated rings. The van der Waals surface area contributed by atoms with E-state index in [2.05, 4.69) is 10.3 Å². The first-order valence-electron chi connectivity index (χ1n) is 7.29. The maximum absolute atomic E-state index is 14.1. The first-order valence-corrected chi connectivity index (χ1v) is 7.29. The van der Waals surface area contributed by atoms with Crippen molar-refractivity contribution in [1.82, 2.24) is 10.3 Å². The fourth-order valence-electron chi connectivity index (χ4n) is 2.39. The molecule has 0 spiro atoms. The summed E-state index contributed by atoms with van der Waals surface area (Å²) in [6.45, 7) is 4.82. The summed E-state index contributed by atoms with van der Waals surface area (Å²) in [5.41, 5.74) is 2.30. The largest absolute Gasteiger partial charge is 0.305 e. The third kappa shape index (κ3) is 3.64. The van der Waals surface area contributed by atoms with Crippen LogP contribution in [0.2, 0.25) is 0 Å². The lowest BCUT2D eigenvalue weighted by Gasteiger charge is -2.21. The molecule has 2 aromatic rings. The normalized spacial score (nSPS) is 12.4. The van der Waals surface area contributed by atoms with E-state index in [9.17, 15) is 8.78 Å². The second-order valence-corrected chi connectivity index (χ2v) is 4.95. The van der Waals surface area contributed by atoms with Crippen LogP contribution in [0.3, 0.4) is 0 Å². The molecule has 2 nitrogen and oxygen atoms in total. The van der Waals surface area contributed by atoms with Gasteiger partial charge in [0.25, 0.3) is 0 Å². The van der Waals surface area contributed by atoms with E-state index in [-0.39, 0.29) is 6.04 Å². The number of nitrogens with one attached hydrogen (secondary N) is 1. The van der Waals surface area contributed by atoms with Crippen molar-refractivity contribution in [3.8, 4) is 0 Å². The highest BCUT2D eigenvalue weighted by molar-refractivity contribution is 5.34. The van der Waals surface area contributed by atoms with Crippen molar-refractivity contribution in [3.05, 3.63) is 65.0 Å². The molecular formula is C17H20F2N2. The van der Waals surface area contributed by atoms with Crippen LogP contribution in [0, 0.1) is 11.6 Å². The smallest absolute Gasteiger partial charge is 0.131 e. The van der Waals surface area contributed by atoms with Crippen molar-refractivity contribution >= 4 is 0 Å². The average molecular weight is 290 g/mol. The van der Waals surface area contributed by atoms with Gasteiger partial charge in [-0.25, -0.2) is 8.78 Å². The zero-order valence-corrected chi connectivity index (χ0v) is 12.4. The van der Waals surface area contributed by atoms with Gasteiger partial charge in [0, 0.05) is 17.8 Å². The first-order chi connectivity index (χ1) is 10.2. The zero-order valence-electron chi connectivity index (χ0n) is 12.4. The van der Waals surface area contributed by atoms with Crippen LogP contribution < -0.4 is 5.32 Å². The van der Waals surface area contributed by atoms with E-state index < -0.39 is 11.6 Å². The van der Waals surface area contributed by atoms with Crippen molar-refractivity contribution in [2.45, 2.75) is 32.7 Å². The summed E-state index contributed by atoms with van der Waals surface area (Å²) in [6, 6.07) is 7.20. The maximum atomic E-state index is 14.1. The van der Waals surface area contributed by atoms with Crippen molar-refractivity contribution < 1.29 is 8.78 Å². The Bertz CT molecular complexity index is 599. The van der Waals surface area contributed by atoms with E-state index >= 15 is 0 Å². The molecule has 0 aliphatic rings. The van der Waals surface area contributed by atoms with Crippen LogP contribution in [0.5, 0.6) is 0 Å². The molecule has 1 N–H and O–H groups in total. The minimum Gasteiger partial charge on any atom is -0.305 e. The number of aromatic nitrogens is 1. The second-order valence-electron chi connectivity index (χ2n) is 4.95. The predicted octanol–water partition coefficient (Wildman–Crippen LogP) is 4.01. The van der Waals surface area contributed by atoms with E-state index in [1.807, 2.05) is 26.0 Å². The molecule has 1 aromatic carbocycles. The molecule has 21 heavy (non-hydrogen) atoms. The maximum Gasteiger partial charge on any atom is 0.131 e. The Morgan fingerprint density at radius 1 is 1.19 bits per heavy atom. The molecule has 112 valence electrons. The van der Waals surface area contributed by atoms with Gasteiger partial charge in [-0.15, -0.1) is 0 Å². The van der Waals surface area contributed by atoms with Crippen LogP contribution in [-0.2, 0) is 6.42 Å². The first kappa shape index (κ1) is 15.6. The summed E-state index contributed by atoms with van der Waals surface area (Å²) in [7, 11) is 0. The summed E-state index contributed by atoms with van der Waals surface area (Å²) in [5.74, 6) is -1.11. The fourth-order valence-corrected chi connectivity index (χ4v) is 2.39. The summed E-state index contributed by atoms with van der Waals surface area (Å²) >= 11 is 0. The minimum atomic E-state index is -0.567. The monoisotopic (exact) mass is 290 g/mol. The van der Waals surface area contributed by atoms with Gasteiger partial charge in [-0.05, 0) is 37.1 Å². The highest BCUT2D eigenvalue weighted by Gasteiger charge is 2.21. The quantitative estimate of drug-likeness (QED) is 0.869. The number of hydrogen-bond donors (Lipinski definition) is 1. The Hall–Kier alpha value is -1.81. The van der Waals surface area contributed by atoms with Crippen LogP contribution in [0.4, 0.5) is 8.78 Å². The summed E-state index contributed by atoms with van der Waals surface area (Å²) in [4.78, 5) is 4.42. The molecule has 1 heterocycles. The second kappa shape index (κ2) is 7.27. The molecule has 1 atom stereocenters. The number of rotatable bonds is 6. The highest BCUT2D eigenvalue weighted by atomic mass is 19.1. The number of halogens is 2. The molecule has 2 rings (SSSR count). The summed E-state index contributed by atoms with van der Waals surface area (Å²) in [6.07, 6.45) is 3.44. The van der Waals surface area contributed by atoms with Crippen molar-refractivity contribution in [2.24, 2.45) is 0 Å². The predicted molar refractivity (Wildman–Crippen MR) is 80.1 cm³/mol. The fraction of sp³-hybridized carbons (Fsp3) is 0.353. The Balaban J connectivity index is 2.47. The lowest BCUT2D eigenvalue weighted by Crippen LogP contribution is -2.26. The van der Waals surface area contributed by atoms with Gasteiger partial charge < -0.3 is 5.32 Å². The number of aryl methyl sites for hydroxylation is 1. The number of pyridine rings is 1. The van der Waals surface area contributed by atoms with Gasteiger partial charge >= 0.3 is 0 Å². The molecule has 0 saturated carbocycles. The zero-order chi connectivity index (χ0) is 15.2. The van der Waals surface area contributed by atoms with Gasteiger partial charge in [-0.2, -0.15) is 0 Å². The van der Waals surface area contributed by atoms with Gasteiger partial charge in [0.2, 0.25) is 0 Å². The Morgan fingerprint density at radius 2 is 2.00 bits per heavy atom. The summed E-state index contributed by atoms with van der Waals surface area (Å²) in [5, 5.41) is 3.31. The van der Waals surface area contributed by atoms with Crippen molar-refractivity contribution in [3.63, 3.8) is 0 Å². The van der Waals surface area contributed by atoms with Crippen LogP contribution >= 0.6 is 0 Å². The molecule has 0 bridgehead atoms. The minimum absolute atomic E-state index is 0.360. The van der Waals surface area contributed by atoms with Gasteiger partial charge in [-0.1, -0.05) is 26.0 Å². The third-order valence-corrected chi connectivity index (χ3v) is 3.45. The molecule has 4 heteroatoms. The Morgan fingerprint density at radius 3 is 2.67 bits per heavy atom.